The lowest BCUT2D eigenvalue weighted by Gasteiger charge is -1.96. The molecule has 0 fully saturated rings. The molecule has 0 spiro atoms. The van der Waals surface area contributed by atoms with Crippen LogP contribution in [0.1, 0.15) is 34.2 Å². The van der Waals surface area contributed by atoms with Crippen LogP contribution in [0.15, 0.2) is 30.4 Å². The molecule has 0 nitrogen and oxygen atoms in total. The predicted molar refractivity (Wildman–Crippen MR) is 99.3 cm³/mol. The monoisotopic (exact) mass is 308 g/mol. The van der Waals surface area contributed by atoms with Crippen LogP contribution in [-0.2, 0) is 0 Å². The van der Waals surface area contributed by atoms with E-state index in [1.54, 1.807) is 0 Å². The molecule has 1 aliphatic carbocycles. The quantitative estimate of drug-likeness (QED) is 0.459. The van der Waals surface area contributed by atoms with E-state index in [4.69, 9.17) is 0 Å². The minimum atomic E-state index is 1.04. The molecule has 0 saturated heterocycles. The van der Waals surface area contributed by atoms with Crippen LogP contribution >= 0.6 is 22.7 Å². The molecule has 0 aliphatic heterocycles. The summed E-state index contributed by atoms with van der Waals surface area (Å²) in [7, 11) is 0. The minimum Gasteiger partial charge on any atom is -0.136 e. The van der Waals surface area contributed by atoms with Gasteiger partial charge in [-0.1, -0.05) is 24.3 Å². The lowest BCUT2D eigenvalue weighted by molar-refractivity contribution is 1.44. The summed E-state index contributed by atoms with van der Waals surface area (Å²) in [5.41, 5.74) is 2.80. The zero-order valence-corrected chi connectivity index (χ0v) is 13.8. The minimum absolute atomic E-state index is 1.04. The average molecular weight is 308 g/mol. The van der Waals surface area contributed by atoms with Crippen LogP contribution in [0.2, 0.25) is 0 Å². The fraction of sp³-hybridized carbons (Fsp3) is 0.158. The molecule has 2 heterocycles. The normalized spacial score (nSPS) is 14.4. The van der Waals surface area contributed by atoms with Crippen molar-refractivity contribution in [3.05, 3.63) is 51.2 Å². The van der Waals surface area contributed by atoms with Gasteiger partial charge in [-0.05, 0) is 55.5 Å². The molecule has 0 unspecified atom stereocenters. The summed E-state index contributed by atoms with van der Waals surface area (Å²) in [4.78, 5) is 2.77. The lowest BCUT2D eigenvalue weighted by atomic mass is 10.1. The van der Waals surface area contributed by atoms with Gasteiger partial charge in [-0.3, -0.25) is 0 Å². The van der Waals surface area contributed by atoms with E-state index in [9.17, 15) is 0 Å². The Kier molecular flexibility index (Phi) is 3.09. The van der Waals surface area contributed by atoms with Crippen LogP contribution in [-0.4, -0.2) is 0 Å². The van der Waals surface area contributed by atoms with Gasteiger partial charge in [-0.2, -0.15) is 0 Å². The number of benzene rings is 1. The zero-order valence-electron chi connectivity index (χ0n) is 12.1. The Morgan fingerprint density at radius 1 is 1.00 bits per heavy atom. The maximum absolute atomic E-state index is 2.39. The van der Waals surface area contributed by atoms with Gasteiger partial charge in [0, 0.05) is 30.1 Å². The fourth-order valence-electron chi connectivity index (χ4n) is 2.91. The molecule has 4 rings (SSSR count). The molecule has 0 saturated carbocycles. The van der Waals surface area contributed by atoms with Crippen LogP contribution in [0.4, 0.5) is 0 Å². The van der Waals surface area contributed by atoms with Crippen molar-refractivity contribution in [2.24, 2.45) is 0 Å². The van der Waals surface area contributed by atoms with E-state index in [1.807, 2.05) is 22.7 Å². The molecule has 2 heteroatoms. The van der Waals surface area contributed by atoms with Crippen LogP contribution in [0, 0.1) is 6.92 Å². The van der Waals surface area contributed by atoms with Crippen LogP contribution in [0.3, 0.4) is 0 Å². The molecule has 0 atom stereocenters. The third-order valence-electron chi connectivity index (χ3n) is 3.99. The number of fused-ring (bicyclic) bond motifs is 4. The summed E-state index contributed by atoms with van der Waals surface area (Å²) in [5, 5.41) is 2.81. The van der Waals surface area contributed by atoms with Crippen molar-refractivity contribution in [3.63, 3.8) is 0 Å². The smallest absolute Gasteiger partial charge is 0.0369 e. The second-order valence-electron chi connectivity index (χ2n) is 5.36. The number of rotatable bonds is 1. The van der Waals surface area contributed by atoms with E-state index < -0.39 is 0 Å². The average Bonchev–Trinajstić information content (AvgIpc) is 2.85. The number of aryl methyl sites for hydroxylation is 1. The first-order chi connectivity index (χ1) is 10.3. The highest BCUT2D eigenvalue weighted by molar-refractivity contribution is 7.22. The van der Waals surface area contributed by atoms with E-state index in [0.29, 0.717) is 0 Å². The standard InChI is InChI=1S/C19H16S2/c1-3-7-16-12(2)14-10-15-13-8-5-4-6-9-17(13)21-19(15)11-18(14)20-16/h3,5-11H,4H2,1-2H3. The van der Waals surface area contributed by atoms with Gasteiger partial charge >= 0.3 is 0 Å². The fourth-order valence-corrected chi connectivity index (χ4v) is 5.34. The predicted octanol–water partition coefficient (Wildman–Crippen LogP) is 6.89. The van der Waals surface area contributed by atoms with Gasteiger partial charge in [0.15, 0.2) is 0 Å². The van der Waals surface area contributed by atoms with E-state index in [1.165, 1.54) is 41.1 Å². The Hall–Kier alpha value is -1.64. The third-order valence-corrected chi connectivity index (χ3v) is 6.35. The highest BCUT2D eigenvalue weighted by atomic mass is 32.1. The highest BCUT2D eigenvalue weighted by Gasteiger charge is 2.13. The van der Waals surface area contributed by atoms with Gasteiger partial charge in [0.25, 0.3) is 0 Å². The molecule has 21 heavy (non-hydrogen) atoms. The molecule has 104 valence electrons. The molecule has 1 aliphatic rings. The molecular weight excluding hydrogens is 292 g/mol. The first-order valence-corrected chi connectivity index (χ1v) is 8.86. The Morgan fingerprint density at radius 2 is 1.81 bits per heavy atom. The number of allylic oxidation sites excluding steroid dienone is 3. The Bertz CT molecular complexity index is 930. The van der Waals surface area contributed by atoms with Crippen molar-refractivity contribution < 1.29 is 0 Å². The SMILES string of the molecule is CC=Cc1sc2cc3sc4c(c3cc2c1C)C=CCC=C4. The van der Waals surface area contributed by atoms with Gasteiger partial charge < -0.3 is 0 Å². The third kappa shape index (κ3) is 2.02. The zero-order chi connectivity index (χ0) is 14.4. The van der Waals surface area contributed by atoms with Gasteiger partial charge in [0.1, 0.15) is 0 Å². The Morgan fingerprint density at radius 3 is 2.67 bits per heavy atom. The van der Waals surface area contributed by atoms with Crippen molar-refractivity contribution in [1.29, 1.82) is 0 Å². The van der Waals surface area contributed by atoms with Crippen LogP contribution < -0.4 is 0 Å². The Balaban J connectivity index is 2.06. The van der Waals surface area contributed by atoms with E-state index in [-0.39, 0.29) is 0 Å². The van der Waals surface area contributed by atoms with E-state index in [0.717, 1.165) is 6.42 Å². The topological polar surface area (TPSA) is 0 Å². The summed E-state index contributed by atoms with van der Waals surface area (Å²) in [5.74, 6) is 0. The summed E-state index contributed by atoms with van der Waals surface area (Å²) in [6.45, 7) is 4.32. The second-order valence-corrected chi connectivity index (χ2v) is 7.52. The maximum atomic E-state index is 2.39. The molecule has 2 aromatic heterocycles. The van der Waals surface area contributed by atoms with Gasteiger partial charge in [-0.15, -0.1) is 22.7 Å². The summed E-state index contributed by atoms with van der Waals surface area (Å²) in [6.07, 6.45) is 14.4. The first-order valence-electron chi connectivity index (χ1n) is 7.23. The van der Waals surface area contributed by atoms with Crippen LogP contribution in [0.5, 0.6) is 0 Å². The molecular formula is C19H16S2. The maximum Gasteiger partial charge on any atom is 0.0369 e. The summed E-state index contributed by atoms with van der Waals surface area (Å²) < 4.78 is 2.80. The molecule has 3 aromatic rings. The molecule has 0 N–H and O–H groups in total. The van der Waals surface area contributed by atoms with Gasteiger partial charge in [-0.25, -0.2) is 0 Å². The molecule has 1 aromatic carbocycles. The van der Waals surface area contributed by atoms with E-state index >= 15 is 0 Å². The molecule has 0 bridgehead atoms. The highest BCUT2D eigenvalue weighted by Crippen LogP contribution is 2.41. The van der Waals surface area contributed by atoms with Gasteiger partial charge in [0.2, 0.25) is 0 Å². The summed E-state index contributed by atoms with van der Waals surface area (Å²) in [6, 6.07) is 4.76. The summed E-state index contributed by atoms with van der Waals surface area (Å²) >= 11 is 3.80. The van der Waals surface area contributed by atoms with Crippen molar-refractivity contribution in [3.8, 4) is 0 Å². The number of hydrogen-bond donors (Lipinski definition) is 0. The van der Waals surface area contributed by atoms with Gasteiger partial charge in [0.05, 0.1) is 0 Å². The van der Waals surface area contributed by atoms with Crippen molar-refractivity contribution in [2.45, 2.75) is 20.3 Å². The number of thiophene rings is 2. The van der Waals surface area contributed by atoms with Crippen molar-refractivity contribution in [1.82, 2.24) is 0 Å². The van der Waals surface area contributed by atoms with E-state index in [2.05, 4.69) is 62.4 Å². The second kappa shape index (κ2) is 4.97. The van der Waals surface area contributed by atoms with Crippen LogP contribution in [0.25, 0.3) is 38.4 Å². The first kappa shape index (κ1) is 13.1. The molecule has 0 radical (unpaired) electrons. The van der Waals surface area contributed by atoms with Crippen molar-refractivity contribution >= 4 is 61.1 Å². The largest absolute Gasteiger partial charge is 0.136 e. The molecule has 0 amide bonds. The number of hydrogen-bond acceptors (Lipinski definition) is 2. The lowest BCUT2D eigenvalue weighted by Crippen LogP contribution is -1.74. The van der Waals surface area contributed by atoms with Crippen molar-refractivity contribution in [2.75, 3.05) is 0 Å². The Labute approximate surface area is 132 Å².